The lowest BCUT2D eigenvalue weighted by atomic mass is 9.97. The van der Waals surface area contributed by atoms with E-state index in [4.69, 9.17) is 10.2 Å². The molecule has 0 saturated carbocycles. The van der Waals surface area contributed by atoms with E-state index in [2.05, 4.69) is 4.98 Å². The van der Waals surface area contributed by atoms with Crippen LogP contribution in [-0.4, -0.2) is 28.4 Å². The first-order chi connectivity index (χ1) is 6.38. The standard InChI is InChI=1S/C10H15NO2/c12-6-2-4-10(8-13)9-3-1-5-11-7-9/h1,3,5,7,10,12-13H,2,4,6,8H2. The maximum atomic E-state index is 9.10. The van der Waals surface area contributed by atoms with Gasteiger partial charge in [-0.3, -0.25) is 4.98 Å². The fraction of sp³-hybridized carbons (Fsp3) is 0.500. The summed E-state index contributed by atoms with van der Waals surface area (Å²) in [6.45, 7) is 0.294. The van der Waals surface area contributed by atoms with E-state index in [1.165, 1.54) is 0 Å². The minimum Gasteiger partial charge on any atom is -0.396 e. The largest absolute Gasteiger partial charge is 0.396 e. The molecule has 1 heterocycles. The molecule has 0 fully saturated rings. The summed E-state index contributed by atoms with van der Waals surface area (Å²) in [6.07, 6.45) is 5.00. The molecule has 13 heavy (non-hydrogen) atoms. The number of hydrogen-bond acceptors (Lipinski definition) is 3. The van der Waals surface area contributed by atoms with Crippen molar-refractivity contribution in [1.82, 2.24) is 4.98 Å². The van der Waals surface area contributed by atoms with Crippen LogP contribution >= 0.6 is 0 Å². The van der Waals surface area contributed by atoms with E-state index in [0.29, 0.717) is 0 Å². The summed E-state index contributed by atoms with van der Waals surface area (Å²) in [5.41, 5.74) is 1.04. The number of hydrogen-bond donors (Lipinski definition) is 2. The monoisotopic (exact) mass is 181 g/mol. The Labute approximate surface area is 78.1 Å². The molecular formula is C10H15NO2. The van der Waals surface area contributed by atoms with Gasteiger partial charge in [-0.05, 0) is 24.5 Å². The summed E-state index contributed by atoms with van der Waals surface area (Å²) in [5, 5.41) is 17.8. The van der Waals surface area contributed by atoms with E-state index >= 15 is 0 Å². The van der Waals surface area contributed by atoms with Gasteiger partial charge < -0.3 is 10.2 Å². The van der Waals surface area contributed by atoms with Gasteiger partial charge >= 0.3 is 0 Å². The normalized spacial score (nSPS) is 12.8. The molecule has 72 valence electrons. The van der Waals surface area contributed by atoms with Crippen molar-refractivity contribution in [3.05, 3.63) is 30.1 Å². The van der Waals surface area contributed by atoms with Crippen molar-refractivity contribution in [2.75, 3.05) is 13.2 Å². The van der Waals surface area contributed by atoms with Gasteiger partial charge in [0.15, 0.2) is 0 Å². The van der Waals surface area contributed by atoms with Crippen molar-refractivity contribution in [3.63, 3.8) is 0 Å². The lowest BCUT2D eigenvalue weighted by molar-refractivity contribution is 0.236. The number of nitrogens with zero attached hydrogens (tertiary/aromatic N) is 1. The second-order valence-electron chi connectivity index (χ2n) is 3.03. The molecule has 3 heteroatoms. The molecule has 0 aliphatic heterocycles. The van der Waals surface area contributed by atoms with Crippen molar-refractivity contribution in [3.8, 4) is 0 Å². The molecule has 3 nitrogen and oxygen atoms in total. The molecule has 1 rings (SSSR count). The zero-order chi connectivity index (χ0) is 9.52. The lowest BCUT2D eigenvalue weighted by Gasteiger charge is -2.12. The topological polar surface area (TPSA) is 53.4 Å². The lowest BCUT2D eigenvalue weighted by Crippen LogP contribution is -2.05. The van der Waals surface area contributed by atoms with Crippen LogP contribution in [0.3, 0.4) is 0 Å². The third-order valence-corrected chi connectivity index (χ3v) is 2.09. The molecule has 0 aliphatic carbocycles. The van der Waals surface area contributed by atoms with Crippen molar-refractivity contribution < 1.29 is 10.2 Å². The van der Waals surface area contributed by atoms with Crippen LogP contribution < -0.4 is 0 Å². The molecule has 1 aromatic heterocycles. The Bertz CT molecular complexity index is 226. The Morgan fingerprint density at radius 2 is 2.23 bits per heavy atom. The van der Waals surface area contributed by atoms with Crippen molar-refractivity contribution in [2.45, 2.75) is 18.8 Å². The molecule has 1 atom stereocenters. The van der Waals surface area contributed by atoms with Crippen LogP contribution in [0.4, 0.5) is 0 Å². The first kappa shape index (κ1) is 10.2. The smallest absolute Gasteiger partial charge is 0.0500 e. The van der Waals surface area contributed by atoms with Crippen molar-refractivity contribution in [1.29, 1.82) is 0 Å². The second-order valence-corrected chi connectivity index (χ2v) is 3.03. The summed E-state index contributed by atoms with van der Waals surface area (Å²) in [4.78, 5) is 3.99. The van der Waals surface area contributed by atoms with Gasteiger partial charge in [-0.2, -0.15) is 0 Å². The third-order valence-electron chi connectivity index (χ3n) is 2.09. The van der Waals surface area contributed by atoms with Crippen LogP contribution in [-0.2, 0) is 0 Å². The quantitative estimate of drug-likeness (QED) is 0.710. The third kappa shape index (κ3) is 3.13. The highest BCUT2D eigenvalue weighted by molar-refractivity contribution is 5.14. The minimum absolute atomic E-state index is 0.112. The number of aromatic nitrogens is 1. The molecule has 0 radical (unpaired) electrons. The maximum Gasteiger partial charge on any atom is 0.0500 e. The highest BCUT2D eigenvalue weighted by atomic mass is 16.3. The Morgan fingerprint density at radius 3 is 2.77 bits per heavy atom. The van der Waals surface area contributed by atoms with Crippen LogP contribution in [0.5, 0.6) is 0 Å². The average Bonchev–Trinajstić information content (AvgIpc) is 2.21. The number of rotatable bonds is 5. The summed E-state index contributed by atoms with van der Waals surface area (Å²) >= 11 is 0. The number of aliphatic hydroxyl groups excluding tert-OH is 2. The van der Waals surface area contributed by atoms with Gasteiger partial charge in [0.2, 0.25) is 0 Å². The predicted molar refractivity (Wildman–Crippen MR) is 50.4 cm³/mol. The van der Waals surface area contributed by atoms with Gasteiger partial charge in [0.05, 0.1) is 0 Å². The molecule has 1 aromatic rings. The van der Waals surface area contributed by atoms with Crippen LogP contribution in [0.1, 0.15) is 24.3 Å². The molecule has 0 amide bonds. The fourth-order valence-corrected chi connectivity index (χ4v) is 1.32. The Morgan fingerprint density at radius 1 is 1.38 bits per heavy atom. The van der Waals surface area contributed by atoms with E-state index in [1.807, 2.05) is 12.1 Å². The summed E-state index contributed by atoms with van der Waals surface area (Å²) in [7, 11) is 0. The van der Waals surface area contributed by atoms with Gasteiger partial charge in [0.25, 0.3) is 0 Å². The zero-order valence-electron chi connectivity index (χ0n) is 7.56. The average molecular weight is 181 g/mol. The van der Waals surface area contributed by atoms with Crippen LogP contribution in [0, 0.1) is 0 Å². The molecule has 0 aromatic carbocycles. The maximum absolute atomic E-state index is 9.10. The van der Waals surface area contributed by atoms with E-state index in [1.54, 1.807) is 12.4 Å². The van der Waals surface area contributed by atoms with Crippen LogP contribution in [0.15, 0.2) is 24.5 Å². The van der Waals surface area contributed by atoms with Gasteiger partial charge in [0.1, 0.15) is 0 Å². The summed E-state index contributed by atoms with van der Waals surface area (Å²) < 4.78 is 0. The Kier molecular flexibility index (Phi) is 4.43. The zero-order valence-corrected chi connectivity index (χ0v) is 7.56. The van der Waals surface area contributed by atoms with E-state index < -0.39 is 0 Å². The molecule has 1 unspecified atom stereocenters. The first-order valence-corrected chi connectivity index (χ1v) is 4.50. The van der Waals surface area contributed by atoms with Gasteiger partial charge in [-0.1, -0.05) is 6.07 Å². The minimum atomic E-state index is 0.112. The fourth-order valence-electron chi connectivity index (χ4n) is 1.32. The molecule has 0 aliphatic rings. The Balaban J connectivity index is 2.56. The first-order valence-electron chi connectivity index (χ1n) is 4.50. The number of aliphatic hydroxyl groups is 2. The molecule has 2 N–H and O–H groups in total. The van der Waals surface area contributed by atoms with E-state index in [9.17, 15) is 0 Å². The molecule has 0 bridgehead atoms. The second kappa shape index (κ2) is 5.67. The SMILES string of the molecule is OCCCC(CO)c1cccnc1. The van der Waals surface area contributed by atoms with Crippen molar-refractivity contribution in [2.24, 2.45) is 0 Å². The van der Waals surface area contributed by atoms with Gasteiger partial charge in [-0.25, -0.2) is 0 Å². The van der Waals surface area contributed by atoms with E-state index in [-0.39, 0.29) is 19.1 Å². The predicted octanol–water partition coefficient (Wildman–Crippen LogP) is 0.930. The van der Waals surface area contributed by atoms with E-state index in [0.717, 1.165) is 18.4 Å². The van der Waals surface area contributed by atoms with Crippen LogP contribution in [0.25, 0.3) is 0 Å². The van der Waals surface area contributed by atoms with Gasteiger partial charge in [0, 0.05) is 31.5 Å². The summed E-state index contributed by atoms with van der Waals surface area (Å²) in [6, 6.07) is 3.81. The molecular weight excluding hydrogens is 166 g/mol. The number of pyridine rings is 1. The van der Waals surface area contributed by atoms with Crippen LogP contribution in [0.2, 0.25) is 0 Å². The van der Waals surface area contributed by atoms with Crippen molar-refractivity contribution >= 4 is 0 Å². The molecule has 0 spiro atoms. The Hall–Kier alpha value is -0.930. The summed E-state index contributed by atoms with van der Waals surface area (Å²) in [5.74, 6) is 0.112. The van der Waals surface area contributed by atoms with Gasteiger partial charge in [-0.15, -0.1) is 0 Å². The highest BCUT2D eigenvalue weighted by Crippen LogP contribution is 2.18. The molecule has 0 saturated heterocycles. The highest BCUT2D eigenvalue weighted by Gasteiger charge is 2.09.